The molecule has 0 saturated carbocycles. The molecule has 2 bridgehead atoms. The third kappa shape index (κ3) is 4.66. The number of H-pyrrole nitrogens is 1. The Hall–Kier alpha value is -3.65. The van der Waals surface area contributed by atoms with Crippen molar-refractivity contribution in [2.45, 2.75) is 63.7 Å². The highest BCUT2D eigenvalue weighted by molar-refractivity contribution is 5.91. The van der Waals surface area contributed by atoms with E-state index in [4.69, 9.17) is 4.98 Å². The lowest BCUT2D eigenvalue weighted by Gasteiger charge is -2.49. The Bertz CT molecular complexity index is 1320. The lowest BCUT2D eigenvalue weighted by molar-refractivity contribution is 0.0277. The first-order valence-electron chi connectivity index (χ1n) is 12.5. The Morgan fingerprint density at radius 1 is 1.06 bits per heavy atom. The molecule has 0 radical (unpaired) electrons. The van der Waals surface area contributed by atoms with Crippen LogP contribution in [0.2, 0.25) is 0 Å². The zero-order chi connectivity index (χ0) is 23.8. The van der Waals surface area contributed by atoms with Gasteiger partial charge in [-0.25, -0.2) is 4.98 Å². The van der Waals surface area contributed by atoms with Crippen LogP contribution in [0.1, 0.15) is 43.4 Å². The summed E-state index contributed by atoms with van der Waals surface area (Å²) in [6, 6.07) is 17.1. The predicted octanol–water partition coefficient (Wildman–Crippen LogP) is 5.11. The van der Waals surface area contributed by atoms with Crippen LogP contribution >= 0.6 is 0 Å². The molecule has 2 aliphatic rings. The number of phenolic OH excluding ortho intramolecular Hbond substituents is 1. The second-order valence-electron chi connectivity index (χ2n) is 9.88. The number of hydrogen-bond donors (Lipinski definition) is 4. The number of aromatic hydroxyl groups is 1. The van der Waals surface area contributed by atoms with Crippen molar-refractivity contribution >= 4 is 28.4 Å². The van der Waals surface area contributed by atoms with Crippen LogP contribution in [0.3, 0.4) is 0 Å². The summed E-state index contributed by atoms with van der Waals surface area (Å²) in [5.74, 6) is 2.68. The lowest BCUT2D eigenvalue weighted by atomic mass is 9.81. The van der Waals surface area contributed by atoms with E-state index >= 15 is 0 Å². The fourth-order valence-corrected chi connectivity index (χ4v) is 5.78. The van der Waals surface area contributed by atoms with E-state index in [0.29, 0.717) is 23.9 Å². The van der Waals surface area contributed by atoms with Gasteiger partial charge in [0.1, 0.15) is 17.4 Å². The van der Waals surface area contributed by atoms with Gasteiger partial charge < -0.3 is 15.7 Å². The van der Waals surface area contributed by atoms with Crippen LogP contribution < -0.4 is 10.6 Å². The van der Waals surface area contributed by atoms with Gasteiger partial charge in [0.25, 0.3) is 0 Å². The largest absolute Gasteiger partial charge is 0.508 e. The molecule has 2 aliphatic heterocycles. The summed E-state index contributed by atoms with van der Waals surface area (Å²) in [7, 11) is 0. The first kappa shape index (κ1) is 21.9. The van der Waals surface area contributed by atoms with Crippen LogP contribution in [-0.4, -0.2) is 48.3 Å². The van der Waals surface area contributed by atoms with Crippen LogP contribution in [0.25, 0.3) is 10.9 Å². The molecule has 2 fully saturated rings. The molecule has 6 rings (SSSR count). The Morgan fingerprint density at radius 3 is 2.69 bits per heavy atom. The van der Waals surface area contributed by atoms with Crippen molar-refractivity contribution in [3.05, 3.63) is 66.0 Å². The zero-order valence-electron chi connectivity index (χ0n) is 19.9. The standard InChI is InChI=1S/C27H31N7O/c1-17-11-26(33-32-17)30-25-15-24-23(9-4-10-28-24)27(31-25)29-19-13-20-6-3-7-21(14-19)34(20)16-18-5-2-8-22(35)12-18/h2,4-5,8-12,15,19-21,35H,3,6-7,13-14,16H2,1H3,(H3,29,30,31,32,33)/t19?,20-,21+. The van der Waals surface area contributed by atoms with Crippen LogP contribution in [-0.2, 0) is 6.54 Å². The molecule has 0 amide bonds. The summed E-state index contributed by atoms with van der Waals surface area (Å²) in [6.07, 6.45) is 7.68. The molecule has 0 spiro atoms. The Labute approximate surface area is 204 Å². The molecule has 3 atom stereocenters. The minimum Gasteiger partial charge on any atom is -0.508 e. The number of nitrogens with one attached hydrogen (secondary N) is 3. The van der Waals surface area contributed by atoms with E-state index in [9.17, 15) is 5.11 Å². The van der Waals surface area contributed by atoms with E-state index in [2.05, 4.69) is 42.8 Å². The average molecular weight is 470 g/mol. The quantitative estimate of drug-likeness (QED) is 0.311. The maximum absolute atomic E-state index is 9.90. The molecule has 35 heavy (non-hydrogen) atoms. The van der Waals surface area contributed by atoms with Gasteiger partial charge in [0, 0.05) is 54.1 Å². The van der Waals surface area contributed by atoms with Crippen molar-refractivity contribution in [1.29, 1.82) is 0 Å². The number of benzene rings is 1. The predicted molar refractivity (Wildman–Crippen MR) is 138 cm³/mol. The highest BCUT2D eigenvalue weighted by atomic mass is 16.3. The van der Waals surface area contributed by atoms with Crippen LogP contribution in [0, 0.1) is 6.92 Å². The van der Waals surface area contributed by atoms with Gasteiger partial charge in [-0.15, -0.1) is 0 Å². The number of anilines is 3. The number of rotatable bonds is 6. The van der Waals surface area contributed by atoms with Crippen LogP contribution in [0.5, 0.6) is 5.75 Å². The minimum absolute atomic E-state index is 0.342. The molecule has 4 aromatic rings. The molecule has 8 nitrogen and oxygen atoms in total. The van der Waals surface area contributed by atoms with Crippen molar-refractivity contribution in [2.75, 3.05) is 10.6 Å². The fourth-order valence-electron chi connectivity index (χ4n) is 5.78. The normalized spacial score (nSPS) is 22.3. The van der Waals surface area contributed by atoms with Gasteiger partial charge >= 0.3 is 0 Å². The van der Waals surface area contributed by atoms with Gasteiger partial charge in [0.2, 0.25) is 0 Å². The van der Waals surface area contributed by atoms with E-state index in [-0.39, 0.29) is 0 Å². The maximum atomic E-state index is 9.90. The highest BCUT2D eigenvalue weighted by Crippen LogP contribution is 2.37. The Kier molecular flexibility index (Phi) is 5.74. The summed E-state index contributed by atoms with van der Waals surface area (Å²) in [4.78, 5) is 12.2. The lowest BCUT2D eigenvalue weighted by Crippen LogP contribution is -2.54. The van der Waals surface area contributed by atoms with Gasteiger partial charge in [-0.05, 0) is 62.4 Å². The number of aromatic nitrogens is 4. The molecule has 3 aromatic heterocycles. The highest BCUT2D eigenvalue weighted by Gasteiger charge is 2.38. The fraction of sp³-hybridized carbons (Fsp3) is 0.370. The van der Waals surface area contributed by atoms with Crippen LogP contribution in [0.15, 0.2) is 54.7 Å². The minimum atomic E-state index is 0.342. The molecule has 8 heteroatoms. The number of fused-ring (bicyclic) bond motifs is 3. The molecular weight excluding hydrogens is 438 g/mol. The number of aryl methyl sites for hydroxylation is 1. The number of aromatic amines is 1. The van der Waals surface area contributed by atoms with E-state index in [1.165, 1.54) is 24.8 Å². The van der Waals surface area contributed by atoms with Crippen molar-refractivity contribution in [2.24, 2.45) is 0 Å². The first-order chi connectivity index (χ1) is 17.1. The Balaban J connectivity index is 1.23. The second-order valence-corrected chi connectivity index (χ2v) is 9.88. The van der Waals surface area contributed by atoms with Gasteiger partial charge in [-0.2, -0.15) is 5.10 Å². The molecule has 2 saturated heterocycles. The molecule has 180 valence electrons. The molecule has 0 aliphatic carbocycles. The first-order valence-corrected chi connectivity index (χ1v) is 12.5. The summed E-state index contributed by atoms with van der Waals surface area (Å²) < 4.78 is 0. The monoisotopic (exact) mass is 469 g/mol. The second kappa shape index (κ2) is 9.19. The number of pyridine rings is 2. The van der Waals surface area contributed by atoms with E-state index in [0.717, 1.165) is 53.4 Å². The van der Waals surface area contributed by atoms with E-state index in [1.807, 2.05) is 43.5 Å². The summed E-state index contributed by atoms with van der Waals surface area (Å²) in [6.45, 7) is 2.87. The van der Waals surface area contributed by atoms with E-state index in [1.54, 1.807) is 6.07 Å². The summed E-state index contributed by atoms with van der Waals surface area (Å²) >= 11 is 0. The van der Waals surface area contributed by atoms with Crippen molar-refractivity contribution in [1.82, 2.24) is 25.1 Å². The average Bonchev–Trinajstić information content (AvgIpc) is 3.24. The van der Waals surface area contributed by atoms with Crippen molar-refractivity contribution in [3.8, 4) is 5.75 Å². The zero-order valence-corrected chi connectivity index (χ0v) is 19.9. The summed E-state index contributed by atoms with van der Waals surface area (Å²) in [5.41, 5.74) is 3.08. The molecular formula is C27H31N7O. The topological polar surface area (TPSA) is 102 Å². The summed E-state index contributed by atoms with van der Waals surface area (Å²) in [5, 5.41) is 25.3. The molecule has 5 heterocycles. The SMILES string of the molecule is Cc1cc(Nc2cc3ncccc3c(NC3C[C@H]4CCC[C@@H](C3)N4Cc3cccc(O)c3)n2)n[nH]1. The van der Waals surface area contributed by atoms with Crippen molar-refractivity contribution < 1.29 is 5.11 Å². The number of hydrogen-bond acceptors (Lipinski definition) is 7. The number of nitrogens with zero attached hydrogens (tertiary/aromatic N) is 4. The van der Waals surface area contributed by atoms with Gasteiger partial charge in [0.05, 0.1) is 5.52 Å². The Morgan fingerprint density at radius 2 is 1.91 bits per heavy atom. The third-order valence-corrected chi connectivity index (χ3v) is 7.30. The number of phenols is 1. The van der Waals surface area contributed by atoms with Gasteiger partial charge in [0.15, 0.2) is 5.82 Å². The maximum Gasteiger partial charge on any atom is 0.153 e. The molecule has 4 N–H and O–H groups in total. The van der Waals surface area contributed by atoms with Gasteiger partial charge in [-0.1, -0.05) is 18.6 Å². The molecule has 1 unspecified atom stereocenters. The smallest absolute Gasteiger partial charge is 0.153 e. The van der Waals surface area contributed by atoms with Crippen molar-refractivity contribution in [3.63, 3.8) is 0 Å². The van der Waals surface area contributed by atoms with Gasteiger partial charge in [-0.3, -0.25) is 15.0 Å². The molecule has 1 aromatic carbocycles. The number of piperidine rings is 2. The third-order valence-electron chi connectivity index (χ3n) is 7.30. The van der Waals surface area contributed by atoms with E-state index < -0.39 is 0 Å². The van der Waals surface area contributed by atoms with Crippen LogP contribution in [0.4, 0.5) is 17.5 Å².